The van der Waals surface area contributed by atoms with Crippen molar-refractivity contribution >= 4 is 11.8 Å². The van der Waals surface area contributed by atoms with E-state index in [4.69, 9.17) is 14.7 Å². The molecular formula is C12H13NO2S. The van der Waals surface area contributed by atoms with Crippen molar-refractivity contribution in [3.05, 3.63) is 23.8 Å². The van der Waals surface area contributed by atoms with Gasteiger partial charge in [0.1, 0.15) is 5.75 Å². The van der Waals surface area contributed by atoms with E-state index >= 15 is 0 Å². The van der Waals surface area contributed by atoms with E-state index in [-0.39, 0.29) is 4.75 Å². The van der Waals surface area contributed by atoms with Crippen molar-refractivity contribution < 1.29 is 9.47 Å². The number of thioether (sulfide) groups is 1. The molecular weight excluding hydrogens is 222 g/mol. The molecule has 0 aromatic heterocycles. The fourth-order valence-corrected chi connectivity index (χ4v) is 2.61. The first kappa shape index (κ1) is 11.3. The monoisotopic (exact) mass is 235 g/mol. The second-order valence-electron chi connectivity index (χ2n) is 3.83. The topological polar surface area (TPSA) is 42.2 Å². The third-order valence-electron chi connectivity index (χ3n) is 2.56. The lowest BCUT2D eigenvalue weighted by Gasteiger charge is -2.34. The zero-order chi connectivity index (χ0) is 11.6. The van der Waals surface area contributed by atoms with Crippen LogP contribution in [0.2, 0.25) is 0 Å². The molecule has 0 spiro atoms. The molecule has 0 aliphatic carbocycles. The minimum Gasteiger partial charge on any atom is -0.497 e. The summed E-state index contributed by atoms with van der Waals surface area (Å²) in [6.45, 7) is 3.05. The Morgan fingerprint density at radius 1 is 1.50 bits per heavy atom. The van der Waals surface area contributed by atoms with Crippen molar-refractivity contribution in [2.75, 3.05) is 20.3 Å². The molecule has 1 saturated heterocycles. The second-order valence-corrected chi connectivity index (χ2v) is 5.26. The first-order chi connectivity index (χ1) is 7.69. The number of nitrogens with zero attached hydrogens (tertiary/aromatic N) is 1. The van der Waals surface area contributed by atoms with Crippen LogP contribution in [-0.2, 0) is 4.74 Å². The molecule has 2 rings (SSSR count). The largest absolute Gasteiger partial charge is 0.497 e. The van der Waals surface area contributed by atoms with Gasteiger partial charge in [-0.05, 0) is 30.7 Å². The van der Waals surface area contributed by atoms with Gasteiger partial charge >= 0.3 is 0 Å². The van der Waals surface area contributed by atoms with E-state index < -0.39 is 0 Å². The van der Waals surface area contributed by atoms with Gasteiger partial charge in [0.25, 0.3) is 0 Å². The molecule has 1 fully saturated rings. The highest BCUT2D eigenvalue weighted by molar-refractivity contribution is 8.01. The van der Waals surface area contributed by atoms with E-state index in [1.807, 2.05) is 25.1 Å². The van der Waals surface area contributed by atoms with Crippen LogP contribution < -0.4 is 4.74 Å². The van der Waals surface area contributed by atoms with E-state index in [9.17, 15) is 0 Å². The summed E-state index contributed by atoms with van der Waals surface area (Å²) in [7, 11) is 1.65. The molecule has 1 aliphatic heterocycles. The molecule has 0 bridgehead atoms. The van der Waals surface area contributed by atoms with Crippen LogP contribution in [0, 0.1) is 18.3 Å². The summed E-state index contributed by atoms with van der Waals surface area (Å²) in [5.41, 5.74) is 1.13. The number of hydrogen-bond donors (Lipinski definition) is 0. The Balaban J connectivity index is 2.19. The number of hydrogen-bond acceptors (Lipinski definition) is 4. The second kappa shape index (κ2) is 4.36. The Morgan fingerprint density at radius 2 is 2.25 bits per heavy atom. The van der Waals surface area contributed by atoms with E-state index in [0.29, 0.717) is 13.2 Å². The lowest BCUT2D eigenvalue weighted by Crippen LogP contribution is -2.45. The highest BCUT2D eigenvalue weighted by Gasteiger charge is 2.40. The van der Waals surface area contributed by atoms with Crippen molar-refractivity contribution in [2.24, 2.45) is 0 Å². The number of nitriles is 1. The summed E-state index contributed by atoms with van der Waals surface area (Å²) in [6.07, 6.45) is 0. The normalized spacial score (nSPS) is 17.3. The van der Waals surface area contributed by atoms with Crippen LogP contribution in [-0.4, -0.2) is 25.1 Å². The van der Waals surface area contributed by atoms with Crippen LogP contribution in [0.3, 0.4) is 0 Å². The average Bonchev–Trinajstić information content (AvgIpc) is 2.25. The van der Waals surface area contributed by atoms with Gasteiger partial charge in [0.05, 0.1) is 26.4 Å². The fraction of sp³-hybridized carbons (Fsp3) is 0.417. The van der Waals surface area contributed by atoms with Gasteiger partial charge in [-0.25, -0.2) is 0 Å². The predicted octanol–water partition coefficient (Wildman–Crippen LogP) is 2.39. The van der Waals surface area contributed by atoms with Crippen LogP contribution >= 0.6 is 11.8 Å². The summed E-state index contributed by atoms with van der Waals surface area (Å²) in [5.74, 6) is 0.845. The van der Waals surface area contributed by atoms with Crippen molar-refractivity contribution in [3.63, 3.8) is 0 Å². The molecule has 4 heteroatoms. The molecule has 1 heterocycles. The predicted molar refractivity (Wildman–Crippen MR) is 62.8 cm³/mol. The van der Waals surface area contributed by atoms with Crippen LogP contribution in [0.15, 0.2) is 23.1 Å². The Labute approximate surface area is 99.4 Å². The van der Waals surface area contributed by atoms with Crippen LogP contribution in [0.25, 0.3) is 0 Å². The minimum atomic E-state index is -0.390. The summed E-state index contributed by atoms with van der Waals surface area (Å²) >= 11 is 1.58. The quantitative estimate of drug-likeness (QED) is 0.806. The van der Waals surface area contributed by atoms with Gasteiger partial charge in [-0.3, -0.25) is 0 Å². The molecule has 0 unspecified atom stereocenters. The number of methoxy groups -OCH3 is 1. The van der Waals surface area contributed by atoms with E-state index in [2.05, 4.69) is 6.07 Å². The van der Waals surface area contributed by atoms with Crippen LogP contribution in [0.1, 0.15) is 5.56 Å². The van der Waals surface area contributed by atoms with Crippen molar-refractivity contribution in [1.29, 1.82) is 5.26 Å². The van der Waals surface area contributed by atoms with Gasteiger partial charge in [0.15, 0.2) is 4.75 Å². The van der Waals surface area contributed by atoms with Gasteiger partial charge in [0.2, 0.25) is 0 Å². The molecule has 84 valence electrons. The number of benzene rings is 1. The van der Waals surface area contributed by atoms with E-state index in [1.54, 1.807) is 18.9 Å². The molecule has 16 heavy (non-hydrogen) atoms. The highest BCUT2D eigenvalue weighted by atomic mass is 32.2. The molecule has 0 saturated carbocycles. The highest BCUT2D eigenvalue weighted by Crippen LogP contribution is 2.40. The molecule has 1 aromatic carbocycles. The van der Waals surface area contributed by atoms with E-state index in [1.165, 1.54) is 0 Å². The summed E-state index contributed by atoms with van der Waals surface area (Å²) in [5, 5.41) is 9.11. The average molecular weight is 235 g/mol. The zero-order valence-electron chi connectivity index (χ0n) is 9.32. The maximum Gasteiger partial charge on any atom is 0.153 e. The van der Waals surface area contributed by atoms with Gasteiger partial charge < -0.3 is 9.47 Å². The smallest absolute Gasteiger partial charge is 0.153 e. The zero-order valence-corrected chi connectivity index (χ0v) is 10.1. The Kier molecular flexibility index (Phi) is 3.08. The minimum absolute atomic E-state index is 0.390. The van der Waals surface area contributed by atoms with Crippen molar-refractivity contribution in [2.45, 2.75) is 16.6 Å². The first-order valence-electron chi connectivity index (χ1n) is 5.02. The third-order valence-corrected chi connectivity index (χ3v) is 3.96. The van der Waals surface area contributed by atoms with Gasteiger partial charge in [-0.1, -0.05) is 11.8 Å². The SMILES string of the molecule is COc1ccc(SC2(C#N)COC2)c(C)c1. The molecule has 1 aliphatic rings. The third kappa shape index (κ3) is 2.01. The lowest BCUT2D eigenvalue weighted by molar-refractivity contribution is 0.0161. The summed E-state index contributed by atoms with van der Waals surface area (Å²) in [6, 6.07) is 8.22. The molecule has 1 aromatic rings. The number of ether oxygens (including phenoxy) is 2. The first-order valence-corrected chi connectivity index (χ1v) is 5.83. The maximum atomic E-state index is 9.11. The van der Waals surface area contributed by atoms with Crippen molar-refractivity contribution in [1.82, 2.24) is 0 Å². The van der Waals surface area contributed by atoms with Gasteiger partial charge in [-0.15, -0.1) is 0 Å². The molecule has 0 radical (unpaired) electrons. The van der Waals surface area contributed by atoms with Crippen molar-refractivity contribution in [3.8, 4) is 11.8 Å². The Hall–Kier alpha value is -1.18. The summed E-state index contributed by atoms with van der Waals surface area (Å²) < 4.78 is 9.88. The summed E-state index contributed by atoms with van der Waals surface area (Å²) in [4.78, 5) is 1.12. The van der Waals surface area contributed by atoms with Crippen LogP contribution in [0.4, 0.5) is 0 Å². The van der Waals surface area contributed by atoms with Crippen LogP contribution in [0.5, 0.6) is 5.75 Å². The molecule has 3 nitrogen and oxygen atoms in total. The number of aryl methyl sites for hydroxylation is 1. The molecule has 0 N–H and O–H groups in total. The number of rotatable bonds is 3. The van der Waals surface area contributed by atoms with E-state index in [0.717, 1.165) is 16.2 Å². The standard InChI is InChI=1S/C12H13NO2S/c1-9-5-10(14-2)3-4-11(9)16-12(6-13)7-15-8-12/h3-5H,7-8H2,1-2H3. The van der Waals surface area contributed by atoms with Gasteiger partial charge in [-0.2, -0.15) is 5.26 Å². The fourth-order valence-electron chi connectivity index (χ4n) is 1.51. The molecule has 0 atom stereocenters. The maximum absolute atomic E-state index is 9.11. The Morgan fingerprint density at radius 3 is 2.69 bits per heavy atom. The Bertz CT molecular complexity index is 435. The molecule has 0 amide bonds. The van der Waals surface area contributed by atoms with Gasteiger partial charge in [0, 0.05) is 4.90 Å². The lowest BCUT2D eigenvalue weighted by atomic mass is 10.1.